The molecule has 0 aliphatic heterocycles. The largest absolute Gasteiger partial charge is 0.484 e. The minimum Gasteiger partial charge on any atom is -0.484 e. The Kier molecular flexibility index (Phi) is 4.77. The molecular formula is C19H16N4O2. The molecule has 0 aliphatic carbocycles. The van der Waals surface area contributed by atoms with Gasteiger partial charge in [0.2, 0.25) is 0 Å². The first-order valence-electron chi connectivity index (χ1n) is 7.69. The number of rotatable bonds is 6. The molecule has 0 fully saturated rings. The smallest absolute Gasteiger partial charge is 0.255 e. The van der Waals surface area contributed by atoms with Crippen LogP contribution in [0.25, 0.3) is 10.9 Å². The number of aromatic nitrogens is 1. The first-order chi connectivity index (χ1) is 12.2. The molecule has 3 aromatic rings. The van der Waals surface area contributed by atoms with Gasteiger partial charge < -0.3 is 15.8 Å². The van der Waals surface area contributed by atoms with Gasteiger partial charge in [-0.05, 0) is 29.8 Å². The number of amides is 1. The van der Waals surface area contributed by atoms with E-state index in [1.807, 2.05) is 42.5 Å². The van der Waals surface area contributed by atoms with Crippen LogP contribution in [0, 0.1) is 11.3 Å². The van der Waals surface area contributed by atoms with Crippen molar-refractivity contribution < 1.29 is 9.53 Å². The van der Waals surface area contributed by atoms with Gasteiger partial charge in [0.05, 0.1) is 17.1 Å². The van der Waals surface area contributed by atoms with Crippen molar-refractivity contribution in [3.05, 3.63) is 65.7 Å². The SMILES string of the molecule is N#Cc1cc(NCc2cccc(OCC(N)=O)c2)nc2ccccc12. The Balaban J connectivity index is 1.75. The summed E-state index contributed by atoms with van der Waals surface area (Å²) in [6, 6.07) is 18.8. The minimum atomic E-state index is -0.520. The van der Waals surface area contributed by atoms with Crippen LogP contribution in [0.5, 0.6) is 5.75 Å². The Bertz CT molecular complexity index is 963. The second-order valence-corrected chi connectivity index (χ2v) is 5.44. The van der Waals surface area contributed by atoms with E-state index in [4.69, 9.17) is 10.5 Å². The molecule has 1 amide bonds. The van der Waals surface area contributed by atoms with E-state index in [1.54, 1.807) is 12.1 Å². The third-order valence-corrected chi connectivity index (χ3v) is 3.59. The quantitative estimate of drug-likeness (QED) is 0.722. The van der Waals surface area contributed by atoms with Gasteiger partial charge in [0.25, 0.3) is 5.91 Å². The molecule has 0 saturated heterocycles. The molecule has 0 atom stereocenters. The molecule has 6 nitrogen and oxygen atoms in total. The van der Waals surface area contributed by atoms with Gasteiger partial charge in [-0.1, -0.05) is 30.3 Å². The summed E-state index contributed by atoms with van der Waals surface area (Å²) in [5.74, 6) is 0.675. The lowest BCUT2D eigenvalue weighted by atomic mass is 10.1. The number of hydrogen-bond acceptors (Lipinski definition) is 5. The third kappa shape index (κ3) is 4.03. The van der Waals surface area contributed by atoms with Gasteiger partial charge in [-0.25, -0.2) is 4.98 Å². The summed E-state index contributed by atoms with van der Waals surface area (Å²) in [6.45, 7) is 0.346. The van der Waals surface area contributed by atoms with Crippen molar-refractivity contribution in [3.8, 4) is 11.8 Å². The number of hydrogen-bond donors (Lipinski definition) is 2. The van der Waals surface area contributed by atoms with Gasteiger partial charge in [-0.3, -0.25) is 4.79 Å². The maximum Gasteiger partial charge on any atom is 0.255 e. The zero-order chi connectivity index (χ0) is 17.6. The molecule has 0 spiro atoms. The number of ether oxygens (including phenoxy) is 1. The van der Waals surface area contributed by atoms with Crippen LogP contribution in [0.4, 0.5) is 5.82 Å². The van der Waals surface area contributed by atoms with E-state index in [1.165, 1.54) is 0 Å². The second-order valence-electron chi connectivity index (χ2n) is 5.44. The summed E-state index contributed by atoms with van der Waals surface area (Å²) >= 11 is 0. The maximum absolute atomic E-state index is 10.8. The number of pyridine rings is 1. The Morgan fingerprint density at radius 1 is 1.20 bits per heavy atom. The Labute approximate surface area is 144 Å². The molecule has 124 valence electrons. The van der Waals surface area contributed by atoms with E-state index in [2.05, 4.69) is 16.4 Å². The molecule has 0 unspecified atom stereocenters. The summed E-state index contributed by atoms with van der Waals surface area (Å²) in [6.07, 6.45) is 0. The number of fused-ring (bicyclic) bond motifs is 1. The highest BCUT2D eigenvalue weighted by molar-refractivity contribution is 5.86. The van der Waals surface area contributed by atoms with Gasteiger partial charge in [0.15, 0.2) is 6.61 Å². The average Bonchev–Trinajstić information content (AvgIpc) is 2.64. The number of anilines is 1. The summed E-state index contributed by atoms with van der Waals surface area (Å²) in [4.78, 5) is 15.3. The Hall–Kier alpha value is -3.59. The Morgan fingerprint density at radius 2 is 2.04 bits per heavy atom. The fraction of sp³-hybridized carbons (Fsp3) is 0.105. The Morgan fingerprint density at radius 3 is 2.84 bits per heavy atom. The number of nitrogens with one attached hydrogen (secondary N) is 1. The normalized spacial score (nSPS) is 10.2. The van der Waals surface area contributed by atoms with E-state index in [-0.39, 0.29) is 6.61 Å². The number of primary amides is 1. The monoisotopic (exact) mass is 332 g/mol. The number of nitriles is 1. The lowest BCUT2D eigenvalue weighted by Crippen LogP contribution is -2.20. The summed E-state index contributed by atoms with van der Waals surface area (Å²) in [5, 5.41) is 13.4. The van der Waals surface area contributed by atoms with Crippen molar-refractivity contribution in [2.24, 2.45) is 5.73 Å². The van der Waals surface area contributed by atoms with Crippen LogP contribution in [0.3, 0.4) is 0 Å². The molecule has 6 heteroatoms. The molecule has 0 saturated carbocycles. The first-order valence-corrected chi connectivity index (χ1v) is 7.69. The van der Waals surface area contributed by atoms with Crippen molar-refractivity contribution in [1.82, 2.24) is 4.98 Å². The van der Waals surface area contributed by atoms with Crippen molar-refractivity contribution in [2.45, 2.75) is 6.54 Å². The van der Waals surface area contributed by atoms with Crippen LogP contribution in [0.15, 0.2) is 54.6 Å². The zero-order valence-corrected chi connectivity index (χ0v) is 13.4. The van der Waals surface area contributed by atoms with Gasteiger partial charge in [-0.15, -0.1) is 0 Å². The van der Waals surface area contributed by atoms with Crippen LogP contribution >= 0.6 is 0 Å². The van der Waals surface area contributed by atoms with Crippen LogP contribution in [0.1, 0.15) is 11.1 Å². The van der Waals surface area contributed by atoms with E-state index in [0.29, 0.717) is 23.7 Å². The van der Waals surface area contributed by atoms with E-state index in [9.17, 15) is 10.1 Å². The predicted octanol–water partition coefficient (Wildman–Crippen LogP) is 2.58. The van der Waals surface area contributed by atoms with E-state index in [0.717, 1.165) is 16.5 Å². The van der Waals surface area contributed by atoms with Gasteiger partial charge in [0.1, 0.15) is 11.6 Å². The summed E-state index contributed by atoms with van der Waals surface area (Å²) in [5.41, 5.74) is 7.37. The van der Waals surface area contributed by atoms with Crippen LogP contribution in [-0.4, -0.2) is 17.5 Å². The molecule has 3 N–H and O–H groups in total. The number of benzene rings is 2. The standard InChI is InChI=1S/C19H16N4O2/c20-10-14-9-19(23-17-7-2-1-6-16(14)17)22-11-13-4-3-5-15(8-13)25-12-18(21)24/h1-9H,11-12H2,(H2,21,24)(H,22,23). The third-order valence-electron chi connectivity index (χ3n) is 3.59. The zero-order valence-electron chi connectivity index (χ0n) is 13.4. The fourth-order valence-corrected chi connectivity index (χ4v) is 2.45. The van der Waals surface area contributed by atoms with Crippen LogP contribution < -0.4 is 15.8 Å². The molecule has 0 radical (unpaired) electrons. The van der Waals surface area contributed by atoms with Crippen molar-refractivity contribution in [2.75, 3.05) is 11.9 Å². The second kappa shape index (κ2) is 7.32. The molecule has 25 heavy (non-hydrogen) atoms. The topological polar surface area (TPSA) is 101 Å². The van der Waals surface area contributed by atoms with Crippen LogP contribution in [-0.2, 0) is 11.3 Å². The number of carbonyl (C=O) groups excluding carboxylic acids is 1. The average molecular weight is 332 g/mol. The van der Waals surface area contributed by atoms with Gasteiger partial charge >= 0.3 is 0 Å². The molecule has 3 rings (SSSR count). The lowest BCUT2D eigenvalue weighted by molar-refractivity contribution is -0.119. The molecule has 0 bridgehead atoms. The highest BCUT2D eigenvalue weighted by atomic mass is 16.5. The van der Waals surface area contributed by atoms with Crippen molar-refractivity contribution in [1.29, 1.82) is 5.26 Å². The van der Waals surface area contributed by atoms with Crippen molar-refractivity contribution >= 4 is 22.6 Å². The number of para-hydroxylation sites is 1. The lowest BCUT2D eigenvalue weighted by Gasteiger charge is -2.10. The number of nitrogens with two attached hydrogens (primary N) is 1. The highest BCUT2D eigenvalue weighted by Gasteiger charge is 2.05. The molecule has 2 aromatic carbocycles. The van der Waals surface area contributed by atoms with E-state index >= 15 is 0 Å². The van der Waals surface area contributed by atoms with Gasteiger partial charge in [-0.2, -0.15) is 5.26 Å². The first kappa shape index (κ1) is 16.3. The molecule has 1 heterocycles. The number of nitrogens with zero attached hydrogens (tertiary/aromatic N) is 2. The molecule has 0 aliphatic rings. The minimum absolute atomic E-state index is 0.158. The van der Waals surface area contributed by atoms with Crippen molar-refractivity contribution in [3.63, 3.8) is 0 Å². The molecular weight excluding hydrogens is 316 g/mol. The summed E-state index contributed by atoms with van der Waals surface area (Å²) < 4.78 is 5.29. The van der Waals surface area contributed by atoms with E-state index < -0.39 is 5.91 Å². The number of carbonyl (C=O) groups is 1. The molecule has 1 aromatic heterocycles. The fourth-order valence-electron chi connectivity index (χ4n) is 2.45. The summed E-state index contributed by atoms with van der Waals surface area (Å²) in [7, 11) is 0. The highest BCUT2D eigenvalue weighted by Crippen LogP contribution is 2.21. The van der Waals surface area contributed by atoms with Crippen LogP contribution in [0.2, 0.25) is 0 Å². The maximum atomic E-state index is 10.8. The van der Waals surface area contributed by atoms with Gasteiger partial charge in [0, 0.05) is 11.9 Å². The predicted molar refractivity (Wildman–Crippen MR) is 94.9 cm³/mol.